The van der Waals surface area contributed by atoms with E-state index in [9.17, 15) is 0 Å². The van der Waals surface area contributed by atoms with Gasteiger partial charge in [-0.05, 0) is 56.4 Å². The summed E-state index contributed by atoms with van der Waals surface area (Å²) < 4.78 is 6.13. The molecule has 1 aromatic carbocycles. The Kier molecular flexibility index (Phi) is 4.21. The molecule has 0 saturated heterocycles. The third-order valence-corrected chi connectivity index (χ3v) is 3.19. The maximum Gasteiger partial charge on any atom is 0.126 e. The zero-order chi connectivity index (χ0) is 12.1. The Bertz CT molecular complexity index is 398. The lowest BCUT2D eigenvalue weighted by Gasteiger charge is -2.22. The highest BCUT2D eigenvalue weighted by atomic mass is 16.5. The molecule has 1 aliphatic carbocycles. The molecular weight excluding hydrogens is 210 g/mol. The van der Waals surface area contributed by atoms with Crippen molar-refractivity contribution in [3.63, 3.8) is 0 Å². The van der Waals surface area contributed by atoms with Crippen molar-refractivity contribution in [1.29, 1.82) is 0 Å². The summed E-state index contributed by atoms with van der Waals surface area (Å²) in [6, 6.07) is 6.29. The SMILES string of the molecule is Cc1cccc(CCN)c1OC1C=CCCC1. The first-order valence-corrected chi connectivity index (χ1v) is 6.43. The summed E-state index contributed by atoms with van der Waals surface area (Å²) in [5.74, 6) is 1.04. The number of para-hydroxylation sites is 1. The van der Waals surface area contributed by atoms with E-state index in [1.807, 2.05) is 0 Å². The lowest BCUT2D eigenvalue weighted by Crippen LogP contribution is -2.17. The van der Waals surface area contributed by atoms with Gasteiger partial charge in [-0.25, -0.2) is 0 Å². The van der Waals surface area contributed by atoms with Gasteiger partial charge in [-0.3, -0.25) is 0 Å². The summed E-state index contributed by atoms with van der Waals surface area (Å²) in [6.07, 6.45) is 9.04. The van der Waals surface area contributed by atoms with E-state index in [4.69, 9.17) is 10.5 Å². The predicted octanol–water partition coefficient (Wildman–Crippen LogP) is 2.98. The Morgan fingerprint density at radius 2 is 2.29 bits per heavy atom. The van der Waals surface area contributed by atoms with E-state index < -0.39 is 0 Å². The van der Waals surface area contributed by atoms with Crippen molar-refractivity contribution in [3.05, 3.63) is 41.5 Å². The minimum atomic E-state index is 0.237. The minimum absolute atomic E-state index is 0.237. The molecule has 0 aliphatic heterocycles. The van der Waals surface area contributed by atoms with Crippen molar-refractivity contribution >= 4 is 0 Å². The molecular formula is C15H21NO. The van der Waals surface area contributed by atoms with E-state index in [1.165, 1.54) is 24.0 Å². The molecule has 0 fully saturated rings. The van der Waals surface area contributed by atoms with Crippen LogP contribution in [0.15, 0.2) is 30.4 Å². The topological polar surface area (TPSA) is 35.2 Å². The molecule has 0 radical (unpaired) electrons. The maximum atomic E-state index is 6.13. The second kappa shape index (κ2) is 5.87. The number of rotatable bonds is 4. The Balaban J connectivity index is 2.17. The highest BCUT2D eigenvalue weighted by Crippen LogP contribution is 2.27. The molecule has 1 unspecified atom stereocenters. The molecule has 0 heterocycles. The molecule has 0 spiro atoms. The zero-order valence-electron chi connectivity index (χ0n) is 10.5. The number of hydrogen-bond donors (Lipinski definition) is 1. The van der Waals surface area contributed by atoms with E-state index in [1.54, 1.807) is 0 Å². The first kappa shape index (κ1) is 12.2. The van der Waals surface area contributed by atoms with Gasteiger partial charge in [0.25, 0.3) is 0 Å². The van der Waals surface area contributed by atoms with Crippen LogP contribution in [0, 0.1) is 6.92 Å². The average Bonchev–Trinajstić information content (AvgIpc) is 2.35. The Morgan fingerprint density at radius 1 is 1.41 bits per heavy atom. The first-order chi connectivity index (χ1) is 8.31. The van der Waals surface area contributed by atoms with Gasteiger partial charge in [0.15, 0.2) is 0 Å². The Morgan fingerprint density at radius 3 is 3.00 bits per heavy atom. The van der Waals surface area contributed by atoms with Crippen LogP contribution in [0.25, 0.3) is 0 Å². The van der Waals surface area contributed by atoms with Gasteiger partial charge >= 0.3 is 0 Å². The van der Waals surface area contributed by atoms with Crippen LogP contribution >= 0.6 is 0 Å². The van der Waals surface area contributed by atoms with Crippen LogP contribution in [0.1, 0.15) is 30.4 Å². The van der Waals surface area contributed by atoms with Gasteiger partial charge in [0.2, 0.25) is 0 Å². The highest BCUT2D eigenvalue weighted by Gasteiger charge is 2.13. The molecule has 0 aromatic heterocycles. The largest absolute Gasteiger partial charge is 0.486 e. The van der Waals surface area contributed by atoms with Gasteiger partial charge in [0, 0.05) is 0 Å². The molecule has 92 valence electrons. The average molecular weight is 231 g/mol. The summed E-state index contributed by atoms with van der Waals surface area (Å²) in [5, 5.41) is 0. The minimum Gasteiger partial charge on any atom is -0.486 e. The van der Waals surface area contributed by atoms with E-state index in [2.05, 4.69) is 37.3 Å². The highest BCUT2D eigenvalue weighted by molar-refractivity contribution is 5.41. The van der Waals surface area contributed by atoms with Gasteiger partial charge in [-0.15, -0.1) is 0 Å². The van der Waals surface area contributed by atoms with Crippen molar-refractivity contribution < 1.29 is 4.74 Å². The number of allylic oxidation sites excluding steroid dienone is 1. The first-order valence-electron chi connectivity index (χ1n) is 6.43. The van der Waals surface area contributed by atoms with Gasteiger partial charge in [0.1, 0.15) is 11.9 Å². The molecule has 17 heavy (non-hydrogen) atoms. The molecule has 1 aliphatic rings. The van der Waals surface area contributed by atoms with E-state index in [0.717, 1.165) is 18.6 Å². The summed E-state index contributed by atoms with van der Waals surface area (Å²) >= 11 is 0. The number of ether oxygens (including phenoxy) is 1. The molecule has 2 rings (SSSR count). The standard InChI is InChI=1S/C15H21NO/c1-12-6-5-7-13(10-11-16)15(12)17-14-8-3-2-4-9-14/h3,5-8,14H,2,4,9-11,16H2,1H3. The Labute approximate surface area is 103 Å². The third kappa shape index (κ3) is 3.10. The van der Waals surface area contributed by atoms with E-state index in [0.29, 0.717) is 6.54 Å². The monoisotopic (exact) mass is 231 g/mol. The van der Waals surface area contributed by atoms with Gasteiger partial charge in [0.05, 0.1) is 0 Å². The third-order valence-electron chi connectivity index (χ3n) is 3.19. The van der Waals surface area contributed by atoms with Gasteiger partial charge < -0.3 is 10.5 Å². The molecule has 2 heteroatoms. The zero-order valence-corrected chi connectivity index (χ0v) is 10.5. The quantitative estimate of drug-likeness (QED) is 0.808. The molecule has 0 amide bonds. The summed E-state index contributed by atoms with van der Waals surface area (Å²) in [6.45, 7) is 2.77. The van der Waals surface area contributed by atoms with Gasteiger partial charge in [-0.1, -0.05) is 24.3 Å². The van der Waals surface area contributed by atoms with Crippen molar-refractivity contribution in [2.45, 2.75) is 38.7 Å². The molecule has 0 saturated carbocycles. The molecule has 0 bridgehead atoms. The number of nitrogens with two attached hydrogens (primary N) is 1. The van der Waals surface area contributed by atoms with Crippen LogP contribution in [0.4, 0.5) is 0 Å². The number of aryl methyl sites for hydroxylation is 1. The number of hydrogen-bond acceptors (Lipinski definition) is 2. The normalized spacial score (nSPS) is 19.3. The Hall–Kier alpha value is -1.28. The van der Waals surface area contributed by atoms with Crippen LogP contribution in [-0.4, -0.2) is 12.6 Å². The summed E-state index contributed by atoms with van der Waals surface area (Å²) in [7, 11) is 0. The van der Waals surface area contributed by atoms with Crippen molar-refractivity contribution in [1.82, 2.24) is 0 Å². The lowest BCUT2D eigenvalue weighted by molar-refractivity contribution is 0.226. The predicted molar refractivity (Wildman–Crippen MR) is 71.3 cm³/mol. The summed E-state index contributed by atoms with van der Waals surface area (Å²) in [5.41, 5.74) is 8.07. The van der Waals surface area contributed by atoms with E-state index in [-0.39, 0.29) is 6.10 Å². The van der Waals surface area contributed by atoms with Crippen molar-refractivity contribution in [2.24, 2.45) is 5.73 Å². The smallest absolute Gasteiger partial charge is 0.126 e. The lowest BCUT2D eigenvalue weighted by atomic mass is 10.0. The van der Waals surface area contributed by atoms with Crippen molar-refractivity contribution in [3.8, 4) is 5.75 Å². The van der Waals surface area contributed by atoms with Crippen molar-refractivity contribution in [2.75, 3.05) is 6.54 Å². The molecule has 2 nitrogen and oxygen atoms in total. The fraction of sp³-hybridized carbons (Fsp3) is 0.467. The second-order valence-corrected chi connectivity index (χ2v) is 4.62. The van der Waals surface area contributed by atoms with Crippen LogP contribution in [0.5, 0.6) is 5.75 Å². The molecule has 1 atom stereocenters. The van der Waals surface area contributed by atoms with Gasteiger partial charge in [-0.2, -0.15) is 0 Å². The molecule has 1 aromatic rings. The van der Waals surface area contributed by atoms with Crippen LogP contribution in [0.3, 0.4) is 0 Å². The van der Waals surface area contributed by atoms with Crippen LogP contribution in [-0.2, 0) is 6.42 Å². The fourth-order valence-corrected chi connectivity index (χ4v) is 2.26. The number of benzene rings is 1. The van der Waals surface area contributed by atoms with Crippen LogP contribution in [0.2, 0.25) is 0 Å². The van der Waals surface area contributed by atoms with Crippen LogP contribution < -0.4 is 10.5 Å². The summed E-state index contributed by atoms with van der Waals surface area (Å²) in [4.78, 5) is 0. The second-order valence-electron chi connectivity index (χ2n) is 4.62. The van der Waals surface area contributed by atoms with E-state index >= 15 is 0 Å². The fourth-order valence-electron chi connectivity index (χ4n) is 2.26. The molecule has 2 N–H and O–H groups in total. The maximum absolute atomic E-state index is 6.13.